The zero-order chi connectivity index (χ0) is 11.5. The number of ether oxygens (including phenoxy) is 1. The maximum absolute atomic E-state index is 11.0. The standard InChI is InChI=1S/C13H16O2/c1-5-13(4,15-11(3)14)12-8-6-10(2)7-9-12/h5-9H,1H2,2-4H3. The zero-order valence-electron chi connectivity index (χ0n) is 9.41. The van der Waals surface area contributed by atoms with Crippen molar-refractivity contribution in [3.05, 3.63) is 48.0 Å². The van der Waals surface area contributed by atoms with Crippen LogP contribution in [0, 0.1) is 6.92 Å². The molecule has 0 saturated carbocycles. The summed E-state index contributed by atoms with van der Waals surface area (Å²) in [7, 11) is 0. The van der Waals surface area contributed by atoms with Crippen LogP contribution in [0.15, 0.2) is 36.9 Å². The van der Waals surface area contributed by atoms with E-state index in [4.69, 9.17) is 4.74 Å². The summed E-state index contributed by atoms with van der Waals surface area (Å²) in [6, 6.07) is 7.86. The fraction of sp³-hybridized carbons (Fsp3) is 0.308. The van der Waals surface area contributed by atoms with E-state index < -0.39 is 5.60 Å². The Morgan fingerprint density at radius 1 is 1.40 bits per heavy atom. The first-order chi connectivity index (χ1) is 6.98. The largest absolute Gasteiger partial charge is 0.450 e. The summed E-state index contributed by atoms with van der Waals surface area (Å²) in [5.74, 6) is -0.307. The Kier molecular flexibility index (Phi) is 3.30. The van der Waals surface area contributed by atoms with E-state index in [1.807, 2.05) is 38.1 Å². The topological polar surface area (TPSA) is 26.3 Å². The van der Waals surface area contributed by atoms with E-state index in [0.717, 1.165) is 5.56 Å². The van der Waals surface area contributed by atoms with Gasteiger partial charge in [-0.2, -0.15) is 0 Å². The molecule has 0 amide bonds. The van der Waals surface area contributed by atoms with Crippen molar-refractivity contribution in [3.8, 4) is 0 Å². The van der Waals surface area contributed by atoms with E-state index in [1.54, 1.807) is 6.08 Å². The van der Waals surface area contributed by atoms with E-state index >= 15 is 0 Å². The lowest BCUT2D eigenvalue weighted by Crippen LogP contribution is -2.25. The molecule has 1 atom stereocenters. The van der Waals surface area contributed by atoms with Crippen LogP contribution in [-0.2, 0) is 15.1 Å². The average molecular weight is 204 g/mol. The number of esters is 1. The quantitative estimate of drug-likeness (QED) is 0.559. The van der Waals surface area contributed by atoms with Crippen molar-refractivity contribution < 1.29 is 9.53 Å². The molecule has 0 aliphatic rings. The lowest BCUT2D eigenvalue weighted by Gasteiger charge is -2.26. The molecule has 0 radical (unpaired) electrons. The summed E-state index contributed by atoms with van der Waals surface area (Å²) < 4.78 is 5.26. The van der Waals surface area contributed by atoms with Gasteiger partial charge in [0, 0.05) is 6.92 Å². The van der Waals surface area contributed by atoms with Gasteiger partial charge in [0.05, 0.1) is 0 Å². The first-order valence-corrected chi connectivity index (χ1v) is 4.88. The predicted octanol–water partition coefficient (Wildman–Crippen LogP) is 2.96. The number of carbonyl (C=O) groups excluding carboxylic acids is 1. The van der Waals surface area contributed by atoms with E-state index in [2.05, 4.69) is 6.58 Å². The van der Waals surface area contributed by atoms with Crippen molar-refractivity contribution in [1.29, 1.82) is 0 Å². The van der Waals surface area contributed by atoms with Crippen molar-refractivity contribution in [2.45, 2.75) is 26.4 Å². The van der Waals surface area contributed by atoms with Crippen molar-refractivity contribution >= 4 is 5.97 Å². The first-order valence-electron chi connectivity index (χ1n) is 4.88. The van der Waals surface area contributed by atoms with Gasteiger partial charge in [-0.15, -0.1) is 0 Å². The minimum absolute atomic E-state index is 0.307. The Hall–Kier alpha value is -1.57. The zero-order valence-corrected chi connectivity index (χ0v) is 9.41. The van der Waals surface area contributed by atoms with Crippen molar-refractivity contribution in [2.24, 2.45) is 0 Å². The van der Waals surface area contributed by atoms with Crippen LogP contribution in [0.4, 0.5) is 0 Å². The molecule has 0 N–H and O–H groups in total. The van der Waals surface area contributed by atoms with E-state index in [0.29, 0.717) is 0 Å². The number of rotatable bonds is 3. The lowest BCUT2D eigenvalue weighted by molar-refractivity contribution is -0.151. The van der Waals surface area contributed by atoms with Gasteiger partial charge in [0.2, 0.25) is 0 Å². The van der Waals surface area contributed by atoms with Gasteiger partial charge < -0.3 is 4.74 Å². The molecule has 0 aliphatic heterocycles. The molecule has 1 unspecified atom stereocenters. The molecular formula is C13H16O2. The molecule has 2 nitrogen and oxygen atoms in total. The maximum Gasteiger partial charge on any atom is 0.303 e. The Morgan fingerprint density at radius 2 is 1.93 bits per heavy atom. The predicted molar refractivity (Wildman–Crippen MR) is 60.5 cm³/mol. The summed E-state index contributed by atoms with van der Waals surface area (Å²) in [6.45, 7) is 8.95. The normalized spacial score (nSPS) is 14.1. The minimum Gasteiger partial charge on any atom is -0.450 e. The molecular weight excluding hydrogens is 188 g/mol. The van der Waals surface area contributed by atoms with Crippen molar-refractivity contribution in [3.63, 3.8) is 0 Å². The van der Waals surface area contributed by atoms with Gasteiger partial charge in [-0.25, -0.2) is 0 Å². The molecule has 2 heteroatoms. The van der Waals surface area contributed by atoms with Crippen molar-refractivity contribution in [2.75, 3.05) is 0 Å². The van der Waals surface area contributed by atoms with Gasteiger partial charge in [-0.3, -0.25) is 4.79 Å². The summed E-state index contributed by atoms with van der Waals surface area (Å²) >= 11 is 0. The second kappa shape index (κ2) is 4.30. The van der Waals surface area contributed by atoms with Crippen LogP contribution in [-0.4, -0.2) is 5.97 Å². The highest BCUT2D eigenvalue weighted by atomic mass is 16.6. The molecule has 1 rings (SSSR count). The highest BCUT2D eigenvalue weighted by Gasteiger charge is 2.25. The third-order valence-corrected chi connectivity index (χ3v) is 2.37. The molecule has 1 aromatic carbocycles. The highest BCUT2D eigenvalue weighted by molar-refractivity contribution is 5.67. The third kappa shape index (κ3) is 2.69. The van der Waals surface area contributed by atoms with Gasteiger partial charge in [0.1, 0.15) is 0 Å². The molecule has 0 aliphatic carbocycles. The summed E-state index contributed by atoms with van der Waals surface area (Å²) in [4.78, 5) is 11.0. The third-order valence-electron chi connectivity index (χ3n) is 2.37. The van der Waals surface area contributed by atoms with Crippen LogP contribution in [0.2, 0.25) is 0 Å². The average Bonchev–Trinajstić information content (AvgIpc) is 2.17. The SMILES string of the molecule is C=CC(C)(OC(C)=O)c1ccc(C)cc1. The van der Waals surface area contributed by atoms with Gasteiger partial charge in [0.25, 0.3) is 0 Å². The van der Waals surface area contributed by atoms with E-state index in [9.17, 15) is 4.79 Å². The number of aryl methyl sites for hydroxylation is 1. The van der Waals surface area contributed by atoms with E-state index in [-0.39, 0.29) is 5.97 Å². The molecule has 0 heterocycles. The van der Waals surface area contributed by atoms with Crippen LogP contribution in [0.5, 0.6) is 0 Å². The molecule has 0 aromatic heterocycles. The summed E-state index contributed by atoms with van der Waals surface area (Å²) in [5, 5.41) is 0. The number of benzene rings is 1. The Labute approximate surface area is 90.6 Å². The molecule has 0 spiro atoms. The van der Waals surface area contributed by atoms with Crippen LogP contribution in [0.1, 0.15) is 25.0 Å². The fourth-order valence-corrected chi connectivity index (χ4v) is 1.40. The Morgan fingerprint density at radius 3 is 2.33 bits per heavy atom. The smallest absolute Gasteiger partial charge is 0.303 e. The summed E-state index contributed by atoms with van der Waals surface area (Å²) in [5.41, 5.74) is 1.37. The van der Waals surface area contributed by atoms with Gasteiger partial charge >= 0.3 is 5.97 Å². The van der Waals surface area contributed by atoms with Crippen LogP contribution in [0.25, 0.3) is 0 Å². The second-order valence-electron chi connectivity index (χ2n) is 3.77. The Bertz CT molecular complexity index is 365. The Balaban J connectivity index is 3.05. The second-order valence-corrected chi connectivity index (χ2v) is 3.77. The minimum atomic E-state index is -0.737. The molecule has 0 bridgehead atoms. The van der Waals surface area contributed by atoms with Crippen LogP contribution < -0.4 is 0 Å². The van der Waals surface area contributed by atoms with E-state index in [1.165, 1.54) is 12.5 Å². The van der Waals surface area contributed by atoms with Crippen LogP contribution >= 0.6 is 0 Å². The van der Waals surface area contributed by atoms with Gasteiger partial charge in [-0.1, -0.05) is 36.4 Å². The summed E-state index contributed by atoms with van der Waals surface area (Å²) in [6.07, 6.45) is 1.64. The number of carbonyl (C=O) groups is 1. The highest BCUT2D eigenvalue weighted by Crippen LogP contribution is 2.26. The monoisotopic (exact) mass is 204 g/mol. The van der Waals surface area contributed by atoms with Crippen LogP contribution in [0.3, 0.4) is 0 Å². The van der Waals surface area contributed by atoms with Crippen molar-refractivity contribution in [1.82, 2.24) is 0 Å². The fourth-order valence-electron chi connectivity index (χ4n) is 1.40. The van der Waals surface area contributed by atoms with Gasteiger partial charge in [-0.05, 0) is 25.5 Å². The molecule has 0 saturated heterocycles. The first kappa shape index (κ1) is 11.5. The number of hydrogen-bond acceptors (Lipinski definition) is 2. The molecule has 0 fully saturated rings. The number of hydrogen-bond donors (Lipinski definition) is 0. The molecule has 80 valence electrons. The van der Waals surface area contributed by atoms with Gasteiger partial charge in [0.15, 0.2) is 5.60 Å². The maximum atomic E-state index is 11.0. The lowest BCUT2D eigenvalue weighted by atomic mass is 9.95. The molecule has 1 aromatic rings. The molecule has 15 heavy (non-hydrogen) atoms.